The largest absolute Gasteiger partial charge is 0.289 e. The highest BCUT2D eigenvalue weighted by atomic mass is 32.2. The van der Waals surface area contributed by atoms with Gasteiger partial charge in [0.15, 0.2) is 16.5 Å². The molecule has 0 spiro atoms. The lowest BCUT2D eigenvalue weighted by Gasteiger charge is -2.23. The van der Waals surface area contributed by atoms with Gasteiger partial charge in [-0.3, -0.25) is 14.4 Å². The Kier molecular flexibility index (Phi) is 4.93. The van der Waals surface area contributed by atoms with Crippen molar-refractivity contribution in [3.63, 3.8) is 0 Å². The van der Waals surface area contributed by atoms with Gasteiger partial charge in [-0.05, 0) is 18.2 Å². The van der Waals surface area contributed by atoms with E-state index in [0.717, 1.165) is 24.3 Å². The second-order valence-corrected chi connectivity index (χ2v) is 6.48. The molecule has 0 aliphatic rings. The first-order valence-corrected chi connectivity index (χ1v) is 8.05. The smallest absolute Gasteiger partial charge is 0.262 e. The highest BCUT2D eigenvalue weighted by molar-refractivity contribution is 7.93. The Balaban J connectivity index is 2.64. The van der Waals surface area contributed by atoms with Gasteiger partial charge in [0, 0.05) is 12.1 Å². The molecule has 2 aromatic rings. The first-order chi connectivity index (χ1) is 11.3. The number of hydrogen-bond acceptors (Lipinski definition) is 4. The van der Waals surface area contributed by atoms with Crippen molar-refractivity contribution in [2.24, 2.45) is 0 Å². The van der Waals surface area contributed by atoms with Gasteiger partial charge >= 0.3 is 0 Å². The summed E-state index contributed by atoms with van der Waals surface area (Å²) in [6.07, 6.45) is 1.23. The number of nitrogens with zero attached hydrogens (tertiary/aromatic N) is 2. The SMILES string of the molecule is C=CCN(c1ccc(F)c(F)c1)S(=O)(=O)c1ccccc1[N+](=O)[O-]. The number of halogens is 2. The van der Waals surface area contributed by atoms with Crippen molar-refractivity contribution < 1.29 is 22.1 Å². The van der Waals surface area contributed by atoms with Crippen LogP contribution in [0, 0.1) is 21.7 Å². The molecule has 0 heterocycles. The molecule has 0 radical (unpaired) electrons. The summed E-state index contributed by atoms with van der Waals surface area (Å²) >= 11 is 0. The van der Waals surface area contributed by atoms with Crippen LogP contribution >= 0.6 is 0 Å². The van der Waals surface area contributed by atoms with Crippen LogP contribution in [0.2, 0.25) is 0 Å². The Labute approximate surface area is 136 Å². The summed E-state index contributed by atoms with van der Waals surface area (Å²) in [5, 5.41) is 11.1. The summed E-state index contributed by atoms with van der Waals surface area (Å²) in [7, 11) is -4.39. The summed E-state index contributed by atoms with van der Waals surface area (Å²) in [6.45, 7) is 3.14. The molecular formula is C15H12F2N2O4S. The van der Waals surface area contributed by atoms with E-state index in [9.17, 15) is 27.3 Å². The zero-order valence-corrected chi connectivity index (χ0v) is 13.0. The van der Waals surface area contributed by atoms with E-state index >= 15 is 0 Å². The van der Waals surface area contributed by atoms with Crippen LogP contribution in [0.15, 0.2) is 60.0 Å². The molecule has 0 saturated carbocycles. The number of para-hydroxylation sites is 1. The summed E-state index contributed by atoms with van der Waals surface area (Å²) in [6, 6.07) is 7.31. The van der Waals surface area contributed by atoms with Crippen LogP contribution in [0.5, 0.6) is 0 Å². The van der Waals surface area contributed by atoms with Crippen molar-refractivity contribution in [2.45, 2.75) is 4.90 Å². The molecule has 0 unspecified atom stereocenters. The number of rotatable bonds is 6. The standard InChI is InChI=1S/C15H12F2N2O4S/c1-2-9-18(11-7-8-12(16)13(17)10-11)24(22,23)15-6-4-3-5-14(15)19(20)21/h2-8,10H,1,9H2. The topological polar surface area (TPSA) is 80.5 Å². The molecule has 2 rings (SSSR count). The monoisotopic (exact) mass is 354 g/mol. The van der Waals surface area contributed by atoms with Crippen molar-refractivity contribution in [1.82, 2.24) is 0 Å². The third kappa shape index (κ3) is 3.25. The van der Waals surface area contributed by atoms with E-state index in [4.69, 9.17) is 0 Å². The number of benzene rings is 2. The first-order valence-electron chi connectivity index (χ1n) is 6.61. The molecule has 24 heavy (non-hydrogen) atoms. The third-order valence-corrected chi connectivity index (χ3v) is 4.96. The van der Waals surface area contributed by atoms with E-state index in [2.05, 4.69) is 6.58 Å². The number of sulfonamides is 1. The molecule has 0 atom stereocenters. The van der Waals surface area contributed by atoms with E-state index in [1.165, 1.54) is 18.2 Å². The minimum Gasteiger partial charge on any atom is -0.262 e. The lowest BCUT2D eigenvalue weighted by Crippen LogP contribution is -2.31. The molecule has 0 fully saturated rings. The lowest BCUT2D eigenvalue weighted by atomic mass is 10.3. The third-order valence-electron chi connectivity index (χ3n) is 3.12. The number of nitro benzene ring substituents is 1. The van der Waals surface area contributed by atoms with Gasteiger partial charge in [0.25, 0.3) is 15.7 Å². The normalized spacial score (nSPS) is 11.1. The minimum absolute atomic E-state index is 0.174. The molecule has 0 saturated heterocycles. The van der Waals surface area contributed by atoms with Crippen LogP contribution in [-0.4, -0.2) is 19.9 Å². The fraction of sp³-hybridized carbons (Fsp3) is 0.0667. The fourth-order valence-electron chi connectivity index (χ4n) is 2.04. The fourth-order valence-corrected chi connectivity index (χ4v) is 3.63. The van der Waals surface area contributed by atoms with Gasteiger partial charge in [0.05, 0.1) is 17.2 Å². The second kappa shape index (κ2) is 6.75. The van der Waals surface area contributed by atoms with Crippen molar-refractivity contribution in [3.05, 3.63) is 76.9 Å². The molecule has 2 aromatic carbocycles. The van der Waals surface area contributed by atoms with Gasteiger partial charge in [0.2, 0.25) is 0 Å². The minimum atomic E-state index is -4.39. The molecule has 6 nitrogen and oxygen atoms in total. The van der Waals surface area contributed by atoms with Gasteiger partial charge in [-0.25, -0.2) is 17.2 Å². The zero-order valence-electron chi connectivity index (χ0n) is 12.2. The lowest BCUT2D eigenvalue weighted by molar-refractivity contribution is -0.387. The van der Waals surface area contributed by atoms with Crippen molar-refractivity contribution in [3.8, 4) is 0 Å². The molecule has 0 aromatic heterocycles. The summed E-state index contributed by atoms with van der Waals surface area (Å²) in [5.41, 5.74) is -0.791. The van der Waals surface area contributed by atoms with Gasteiger partial charge in [-0.1, -0.05) is 18.2 Å². The van der Waals surface area contributed by atoms with Crippen molar-refractivity contribution in [1.29, 1.82) is 0 Å². The molecular weight excluding hydrogens is 342 g/mol. The van der Waals surface area contributed by atoms with E-state index in [0.29, 0.717) is 10.4 Å². The van der Waals surface area contributed by atoms with Crippen molar-refractivity contribution in [2.75, 3.05) is 10.8 Å². The second-order valence-electron chi connectivity index (χ2n) is 4.65. The Hall–Kier alpha value is -2.81. The summed E-state index contributed by atoms with van der Waals surface area (Å²) in [5.74, 6) is -2.38. The number of anilines is 1. The van der Waals surface area contributed by atoms with Crippen LogP contribution in [-0.2, 0) is 10.0 Å². The summed E-state index contributed by atoms with van der Waals surface area (Å²) in [4.78, 5) is 9.69. The number of hydrogen-bond donors (Lipinski definition) is 0. The van der Waals surface area contributed by atoms with Gasteiger partial charge in [0.1, 0.15) is 0 Å². The Bertz CT molecular complexity index is 900. The van der Waals surface area contributed by atoms with E-state index in [-0.39, 0.29) is 12.2 Å². The first kappa shape index (κ1) is 17.5. The van der Waals surface area contributed by atoms with Crippen LogP contribution in [0.25, 0.3) is 0 Å². The maximum absolute atomic E-state index is 13.4. The van der Waals surface area contributed by atoms with Crippen LogP contribution in [0.1, 0.15) is 0 Å². The van der Waals surface area contributed by atoms with Crippen molar-refractivity contribution >= 4 is 21.4 Å². The zero-order chi connectivity index (χ0) is 17.9. The predicted molar refractivity (Wildman–Crippen MR) is 84.2 cm³/mol. The average Bonchev–Trinajstić information content (AvgIpc) is 2.55. The molecule has 126 valence electrons. The summed E-state index contributed by atoms with van der Waals surface area (Å²) < 4.78 is 52.8. The van der Waals surface area contributed by atoms with E-state index in [1.54, 1.807) is 0 Å². The number of nitro groups is 1. The molecule has 0 amide bonds. The Morgan fingerprint density at radius 2 is 1.83 bits per heavy atom. The molecule has 0 aliphatic heterocycles. The average molecular weight is 354 g/mol. The quantitative estimate of drug-likeness (QED) is 0.453. The highest BCUT2D eigenvalue weighted by Crippen LogP contribution is 2.30. The molecule has 0 bridgehead atoms. The Morgan fingerprint density at radius 3 is 2.42 bits per heavy atom. The predicted octanol–water partition coefficient (Wildman–Crippen LogP) is 3.25. The van der Waals surface area contributed by atoms with Crippen LogP contribution in [0.4, 0.5) is 20.2 Å². The van der Waals surface area contributed by atoms with E-state index < -0.39 is 37.2 Å². The molecule has 9 heteroatoms. The molecule has 0 N–H and O–H groups in total. The Morgan fingerprint density at radius 1 is 1.17 bits per heavy atom. The molecule has 0 aliphatic carbocycles. The van der Waals surface area contributed by atoms with E-state index in [1.807, 2.05) is 0 Å². The van der Waals surface area contributed by atoms with Crippen LogP contribution < -0.4 is 4.31 Å². The maximum Gasteiger partial charge on any atom is 0.289 e. The van der Waals surface area contributed by atoms with Gasteiger partial charge < -0.3 is 0 Å². The maximum atomic E-state index is 13.4. The van der Waals surface area contributed by atoms with Gasteiger partial charge in [-0.2, -0.15) is 0 Å². The van der Waals surface area contributed by atoms with Crippen LogP contribution in [0.3, 0.4) is 0 Å². The highest BCUT2D eigenvalue weighted by Gasteiger charge is 2.31. The van der Waals surface area contributed by atoms with Gasteiger partial charge in [-0.15, -0.1) is 6.58 Å².